The third kappa shape index (κ3) is 2.07. The number of halogens is 1. The standard InChI is InChI=1S/C10H10ClN5O/c1-5-7(11)4-16(15-5)9-2-6(10(13)17)8(12)3-14-9/h2-4H,12H2,1H3,(H2,13,17). The number of primary amides is 1. The van der Waals surface area contributed by atoms with Gasteiger partial charge in [-0.3, -0.25) is 4.79 Å². The number of nitrogens with two attached hydrogens (primary N) is 2. The summed E-state index contributed by atoms with van der Waals surface area (Å²) in [5.74, 6) is -0.177. The molecule has 2 rings (SSSR count). The molecule has 17 heavy (non-hydrogen) atoms. The lowest BCUT2D eigenvalue weighted by Crippen LogP contribution is -2.15. The number of aryl methyl sites for hydroxylation is 1. The predicted molar refractivity (Wildman–Crippen MR) is 64.0 cm³/mol. The van der Waals surface area contributed by atoms with E-state index >= 15 is 0 Å². The summed E-state index contributed by atoms with van der Waals surface area (Å²) in [5.41, 5.74) is 11.9. The number of aromatic nitrogens is 3. The van der Waals surface area contributed by atoms with Crippen LogP contribution in [0.25, 0.3) is 5.82 Å². The molecule has 0 fully saturated rings. The monoisotopic (exact) mass is 251 g/mol. The lowest BCUT2D eigenvalue weighted by Gasteiger charge is -2.04. The second-order valence-electron chi connectivity index (χ2n) is 3.50. The number of anilines is 1. The maximum Gasteiger partial charge on any atom is 0.250 e. The molecule has 0 aliphatic carbocycles. The normalized spacial score (nSPS) is 10.5. The van der Waals surface area contributed by atoms with Crippen molar-refractivity contribution in [2.45, 2.75) is 6.92 Å². The highest BCUT2D eigenvalue weighted by atomic mass is 35.5. The van der Waals surface area contributed by atoms with Crippen LogP contribution in [0.3, 0.4) is 0 Å². The van der Waals surface area contributed by atoms with Gasteiger partial charge < -0.3 is 11.5 Å². The average Bonchev–Trinajstić information content (AvgIpc) is 2.59. The van der Waals surface area contributed by atoms with Crippen molar-refractivity contribution in [3.8, 4) is 5.82 Å². The zero-order valence-electron chi connectivity index (χ0n) is 9.01. The topological polar surface area (TPSA) is 99.8 Å². The smallest absolute Gasteiger partial charge is 0.250 e. The van der Waals surface area contributed by atoms with Gasteiger partial charge in [0.15, 0.2) is 5.82 Å². The van der Waals surface area contributed by atoms with Crippen molar-refractivity contribution in [3.05, 3.63) is 34.7 Å². The van der Waals surface area contributed by atoms with E-state index in [-0.39, 0.29) is 11.3 Å². The second kappa shape index (κ2) is 4.06. The number of rotatable bonds is 2. The molecule has 0 saturated carbocycles. The van der Waals surface area contributed by atoms with E-state index in [0.29, 0.717) is 16.5 Å². The van der Waals surface area contributed by atoms with Gasteiger partial charge in [0.1, 0.15) is 0 Å². The molecule has 0 radical (unpaired) electrons. The molecule has 0 aliphatic rings. The van der Waals surface area contributed by atoms with E-state index in [1.807, 2.05) is 0 Å². The number of carbonyl (C=O) groups excluding carboxylic acids is 1. The van der Waals surface area contributed by atoms with Gasteiger partial charge in [-0.05, 0) is 13.0 Å². The Bertz CT molecular complexity index is 573. The Morgan fingerprint density at radius 3 is 2.76 bits per heavy atom. The van der Waals surface area contributed by atoms with E-state index in [1.165, 1.54) is 16.9 Å². The number of nitrogens with zero attached hydrogens (tertiary/aromatic N) is 3. The number of nitrogen functional groups attached to an aromatic ring is 1. The lowest BCUT2D eigenvalue weighted by molar-refractivity contribution is 0.100. The van der Waals surface area contributed by atoms with Crippen molar-refractivity contribution in [2.75, 3.05) is 5.73 Å². The first-order valence-electron chi connectivity index (χ1n) is 4.76. The largest absolute Gasteiger partial charge is 0.397 e. The number of hydrogen-bond acceptors (Lipinski definition) is 4. The zero-order valence-corrected chi connectivity index (χ0v) is 9.77. The van der Waals surface area contributed by atoms with Crippen molar-refractivity contribution in [1.29, 1.82) is 0 Å². The van der Waals surface area contributed by atoms with Crippen LogP contribution in [-0.2, 0) is 0 Å². The molecule has 0 bridgehead atoms. The molecule has 0 unspecified atom stereocenters. The maximum atomic E-state index is 11.1. The first-order valence-corrected chi connectivity index (χ1v) is 5.14. The zero-order chi connectivity index (χ0) is 12.6. The van der Waals surface area contributed by atoms with Crippen LogP contribution < -0.4 is 11.5 Å². The fourth-order valence-electron chi connectivity index (χ4n) is 1.35. The summed E-state index contributed by atoms with van der Waals surface area (Å²) >= 11 is 5.89. The van der Waals surface area contributed by atoms with Crippen molar-refractivity contribution in [3.63, 3.8) is 0 Å². The van der Waals surface area contributed by atoms with Gasteiger partial charge in [-0.15, -0.1) is 0 Å². The Labute approximate surface area is 102 Å². The van der Waals surface area contributed by atoms with E-state index < -0.39 is 5.91 Å². The third-order valence-electron chi connectivity index (χ3n) is 2.26. The average molecular weight is 252 g/mol. The minimum Gasteiger partial charge on any atom is -0.397 e. The minimum atomic E-state index is -0.610. The molecule has 0 saturated heterocycles. The van der Waals surface area contributed by atoms with E-state index in [9.17, 15) is 4.79 Å². The Hall–Kier alpha value is -2.08. The molecule has 0 aliphatic heterocycles. The molecular formula is C10H10ClN5O. The molecule has 2 aromatic heterocycles. The Kier molecular flexibility index (Phi) is 2.72. The molecule has 7 heteroatoms. The number of carbonyl (C=O) groups is 1. The van der Waals surface area contributed by atoms with Crippen molar-refractivity contribution in [2.24, 2.45) is 5.73 Å². The molecule has 4 N–H and O–H groups in total. The Balaban J connectivity index is 2.53. The first kappa shape index (κ1) is 11.4. The summed E-state index contributed by atoms with van der Waals surface area (Å²) < 4.78 is 1.46. The Morgan fingerprint density at radius 1 is 1.53 bits per heavy atom. The van der Waals surface area contributed by atoms with Crippen LogP contribution in [0.2, 0.25) is 5.02 Å². The van der Waals surface area contributed by atoms with Crippen molar-refractivity contribution in [1.82, 2.24) is 14.8 Å². The van der Waals surface area contributed by atoms with Gasteiger partial charge in [0.05, 0.1) is 34.4 Å². The molecule has 0 aromatic carbocycles. The number of amides is 1. The number of hydrogen-bond donors (Lipinski definition) is 2. The number of pyridine rings is 1. The SMILES string of the molecule is Cc1nn(-c2cc(C(N)=O)c(N)cn2)cc1Cl. The van der Waals surface area contributed by atoms with E-state index in [2.05, 4.69) is 10.1 Å². The van der Waals surface area contributed by atoms with E-state index in [0.717, 1.165) is 0 Å². The van der Waals surface area contributed by atoms with Crippen LogP contribution in [0.15, 0.2) is 18.5 Å². The molecule has 2 heterocycles. The fourth-order valence-corrected chi connectivity index (χ4v) is 1.48. The highest BCUT2D eigenvalue weighted by molar-refractivity contribution is 6.31. The summed E-state index contributed by atoms with van der Waals surface area (Å²) in [6, 6.07) is 1.47. The maximum absolute atomic E-state index is 11.1. The van der Waals surface area contributed by atoms with E-state index in [4.69, 9.17) is 23.1 Å². The van der Waals surface area contributed by atoms with Gasteiger partial charge in [0.25, 0.3) is 5.91 Å². The first-order chi connectivity index (χ1) is 7.99. The second-order valence-corrected chi connectivity index (χ2v) is 3.91. The minimum absolute atomic E-state index is 0.208. The van der Waals surface area contributed by atoms with Crippen LogP contribution in [-0.4, -0.2) is 20.7 Å². The van der Waals surface area contributed by atoms with Crippen LogP contribution in [0.1, 0.15) is 16.1 Å². The summed E-state index contributed by atoms with van der Waals surface area (Å²) in [6.45, 7) is 1.77. The predicted octanol–water partition coefficient (Wildman–Crippen LogP) is 0.910. The van der Waals surface area contributed by atoms with Gasteiger partial charge in [-0.2, -0.15) is 5.10 Å². The molecule has 0 spiro atoms. The molecule has 0 atom stereocenters. The summed E-state index contributed by atoms with van der Waals surface area (Å²) in [6.07, 6.45) is 2.96. The van der Waals surface area contributed by atoms with Gasteiger partial charge >= 0.3 is 0 Å². The van der Waals surface area contributed by atoms with Crippen molar-refractivity contribution < 1.29 is 4.79 Å². The van der Waals surface area contributed by atoms with Gasteiger partial charge in [0, 0.05) is 0 Å². The highest BCUT2D eigenvalue weighted by Crippen LogP contribution is 2.17. The summed E-state index contributed by atoms with van der Waals surface area (Å²) in [7, 11) is 0. The van der Waals surface area contributed by atoms with Gasteiger partial charge in [0.2, 0.25) is 0 Å². The fraction of sp³-hybridized carbons (Fsp3) is 0.100. The van der Waals surface area contributed by atoms with Gasteiger partial charge in [-0.1, -0.05) is 11.6 Å². The molecule has 2 aromatic rings. The lowest BCUT2D eigenvalue weighted by atomic mass is 10.2. The molecule has 6 nitrogen and oxygen atoms in total. The summed E-state index contributed by atoms with van der Waals surface area (Å²) in [5, 5.41) is 4.66. The van der Waals surface area contributed by atoms with Gasteiger partial charge in [-0.25, -0.2) is 9.67 Å². The van der Waals surface area contributed by atoms with Crippen LogP contribution in [0.5, 0.6) is 0 Å². The Morgan fingerprint density at radius 2 is 2.24 bits per heavy atom. The van der Waals surface area contributed by atoms with Crippen LogP contribution in [0.4, 0.5) is 5.69 Å². The molecule has 1 amide bonds. The van der Waals surface area contributed by atoms with Crippen LogP contribution in [0, 0.1) is 6.92 Å². The summed E-state index contributed by atoms with van der Waals surface area (Å²) in [4.78, 5) is 15.2. The third-order valence-corrected chi connectivity index (χ3v) is 2.63. The van der Waals surface area contributed by atoms with E-state index in [1.54, 1.807) is 13.1 Å². The quantitative estimate of drug-likeness (QED) is 0.828. The highest BCUT2D eigenvalue weighted by Gasteiger charge is 2.10. The van der Waals surface area contributed by atoms with Crippen LogP contribution >= 0.6 is 11.6 Å². The van der Waals surface area contributed by atoms with Crippen molar-refractivity contribution >= 4 is 23.2 Å². The molecule has 88 valence electrons. The molecular weight excluding hydrogens is 242 g/mol.